The highest BCUT2D eigenvalue weighted by Crippen LogP contribution is 2.33. The van der Waals surface area contributed by atoms with Gasteiger partial charge < -0.3 is 11.1 Å². The van der Waals surface area contributed by atoms with Gasteiger partial charge in [0.1, 0.15) is 0 Å². The number of anilines is 3. The van der Waals surface area contributed by atoms with Crippen LogP contribution in [0.25, 0.3) is 0 Å². The lowest BCUT2D eigenvalue weighted by Crippen LogP contribution is -1.97. The van der Waals surface area contributed by atoms with E-state index in [1.54, 1.807) is 12.1 Å². The summed E-state index contributed by atoms with van der Waals surface area (Å²) in [7, 11) is 0. The Morgan fingerprint density at radius 3 is 2.44 bits per heavy atom. The Labute approximate surface area is 124 Å². The Morgan fingerprint density at radius 2 is 1.78 bits per heavy atom. The van der Waals surface area contributed by atoms with Gasteiger partial charge in [0.05, 0.1) is 21.4 Å². The highest BCUT2D eigenvalue weighted by atomic mass is 79.9. The third-order valence-electron chi connectivity index (χ3n) is 2.53. The molecule has 3 N–H and O–H groups in total. The molecule has 0 amide bonds. The molecule has 0 aliphatic rings. The summed E-state index contributed by atoms with van der Waals surface area (Å²) < 4.78 is 1.06. The zero-order chi connectivity index (χ0) is 13.3. The number of hydrogen-bond donors (Lipinski definition) is 2. The van der Waals surface area contributed by atoms with Crippen LogP contribution < -0.4 is 11.1 Å². The van der Waals surface area contributed by atoms with Crippen LogP contribution in [-0.4, -0.2) is 0 Å². The second kappa shape index (κ2) is 5.39. The van der Waals surface area contributed by atoms with Crippen molar-refractivity contribution < 1.29 is 0 Å². The number of benzene rings is 2. The standard InChI is InChI=1S/C13H11BrCl2N2/c1-7-4-8(2-3-9(7)14)18-13-6-11(16)10(15)5-12(13)17/h2-6,18H,17H2,1H3. The van der Waals surface area contributed by atoms with Gasteiger partial charge in [-0.1, -0.05) is 39.1 Å². The van der Waals surface area contributed by atoms with Gasteiger partial charge in [0.15, 0.2) is 0 Å². The molecule has 94 valence electrons. The van der Waals surface area contributed by atoms with Gasteiger partial charge in [-0.15, -0.1) is 0 Å². The van der Waals surface area contributed by atoms with Gasteiger partial charge in [-0.25, -0.2) is 0 Å². The monoisotopic (exact) mass is 344 g/mol. The van der Waals surface area contributed by atoms with Crippen molar-refractivity contribution in [2.75, 3.05) is 11.1 Å². The van der Waals surface area contributed by atoms with Crippen molar-refractivity contribution in [2.45, 2.75) is 6.92 Å². The second-order valence-corrected chi connectivity index (χ2v) is 5.61. The quantitative estimate of drug-likeness (QED) is 0.716. The van der Waals surface area contributed by atoms with Gasteiger partial charge in [-0.05, 0) is 42.8 Å². The first-order valence-corrected chi connectivity index (χ1v) is 6.80. The van der Waals surface area contributed by atoms with Crippen LogP contribution in [0.15, 0.2) is 34.8 Å². The normalized spacial score (nSPS) is 10.4. The van der Waals surface area contributed by atoms with Crippen LogP contribution in [0.1, 0.15) is 5.56 Å². The summed E-state index contributed by atoms with van der Waals surface area (Å²) in [6.07, 6.45) is 0. The number of nitrogen functional groups attached to an aromatic ring is 1. The average Bonchev–Trinajstić information content (AvgIpc) is 2.31. The van der Waals surface area contributed by atoms with E-state index in [9.17, 15) is 0 Å². The second-order valence-electron chi connectivity index (χ2n) is 3.94. The maximum Gasteiger partial charge on any atom is 0.0633 e. The van der Waals surface area contributed by atoms with Crippen LogP contribution in [0.3, 0.4) is 0 Å². The fourth-order valence-corrected chi connectivity index (χ4v) is 2.13. The number of nitrogens with two attached hydrogens (primary N) is 1. The molecule has 0 aliphatic heterocycles. The lowest BCUT2D eigenvalue weighted by atomic mass is 10.2. The number of rotatable bonds is 2. The van der Waals surface area contributed by atoms with E-state index in [0.717, 1.165) is 21.4 Å². The number of nitrogens with one attached hydrogen (secondary N) is 1. The molecule has 0 saturated heterocycles. The molecule has 0 aliphatic carbocycles. The van der Waals surface area contributed by atoms with E-state index in [2.05, 4.69) is 21.2 Å². The molecule has 2 aromatic carbocycles. The smallest absolute Gasteiger partial charge is 0.0633 e. The molecular formula is C13H11BrCl2N2. The highest BCUT2D eigenvalue weighted by molar-refractivity contribution is 9.10. The molecular weight excluding hydrogens is 335 g/mol. The molecule has 0 radical (unpaired) electrons. The Morgan fingerprint density at radius 1 is 1.11 bits per heavy atom. The third-order valence-corrected chi connectivity index (χ3v) is 4.14. The third kappa shape index (κ3) is 2.91. The molecule has 0 aromatic heterocycles. The fraction of sp³-hybridized carbons (Fsp3) is 0.0769. The summed E-state index contributed by atoms with van der Waals surface area (Å²) in [6, 6.07) is 9.31. The first-order chi connectivity index (χ1) is 8.47. The van der Waals surface area contributed by atoms with E-state index in [4.69, 9.17) is 28.9 Å². The molecule has 18 heavy (non-hydrogen) atoms. The van der Waals surface area contributed by atoms with Crippen LogP contribution in [0.4, 0.5) is 17.1 Å². The van der Waals surface area contributed by atoms with Gasteiger partial charge in [-0.3, -0.25) is 0 Å². The van der Waals surface area contributed by atoms with E-state index in [1.807, 2.05) is 25.1 Å². The minimum atomic E-state index is 0.451. The molecule has 2 aromatic rings. The summed E-state index contributed by atoms with van der Waals surface area (Å²) in [5.41, 5.74) is 9.28. The van der Waals surface area contributed by atoms with Crippen LogP contribution in [-0.2, 0) is 0 Å². The summed E-state index contributed by atoms with van der Waals surface area (Å²) in [5, 5.41) is 4.14. The lowest BCUT2D eigenvalue weighted by Gasteiger charge is -2.11. The molecule has 0 fully saturated rings. The first kappa shape index (κ1) is 13.5. The number of hydrogen-bond acceptors (Lipinski definition) is 2. The Hall–Kier alpha value is -0.900. The Balaban J connectivity index is 2.34. The number of halogens is 3. The molecule has 0 saturated carbocycles. The molecule has 0 spiro atoms. The van der Waals surface area contributed by atoms with Gasteiger partial charge in [0, 0.05) is 10.2 Å². The van der Waals surface area contributed by atoms with Gasteiger partial charge in [-0.2, -0.15) is 0 Å². The van der Waals surface area contributed by atoms with E-state index < -0.39 is 0 Å². The lowest BCUT2D eigenvalue weighted by molar-refractivity contribution is 1.42. The van der Waals surface area contributed by atoms with Crippen LogP contribution in [0.2, 0.25) is 10.0 Å². The largest absolute Gasteiger partial charge is 0.397 e. The van der Waals surface area contributed by atoms with Crippen molar-refractivity contribution in [3.8, 4) is 0 Å². The Kier molecular flexibility index (Phi) is 4.05. The fourth-order valence-electron chi connectivity index (χ4n) is 1.55. The summed E-state index contributed by atoms with van der Waals surface area (Å²) in [5.74, 6) is 0. The van der Waals surface area contributed by atoms with Crippen molar-refractivity contribution in [2.24, 2.45) is 0 Å². The number of aryl methyl sites for hydroxylation is 1. The highest BCUT2D eigenvalue weighted by Gasteiger charge is 2.06. The van der Waals surface area contributed by atoms with E-state index >= 15 is 0 Å². The van der Waals surface area contributed by atoms with E-state index in [-0.39, 0.29) is 0 Å². The van der Waals surface area contributed by atoms with Crippen molar-refractivity contribution >= 4 is 56.2 Å². The summed E-state index contributed by atoms with van der Waals surface area (Å²) >= 11 is 15.3. The molecule has 2 rings (SSSR count). The molecule has 0 atom stereocenters. The SMILES string of the molecule is Cc1cc(Nc2cc(Cl)c(Cl)cc2N)ccc1Br. The predicted molar refractivity (Wildman–Crippen MR) is 83.0 cm³/mol. The van der Waals surface area contributed by atoms with Crippen molar-refractivity contribution in [1.29, 1.82) is 0 Å². The van der Waals surface area contributed by atoms with Crippen LogP contribution >= 0.6 is 39.1 Å². The first-order valence-electron chi connectivity index (χ1n) is 5.25. The summed E-state index contributed by atoms with van der Waals surface area (Å²) in [6.45, 7) is 2.02. The van der Waals surface area contributed by atoms with Crippen molar-refractivity contribution in [1.82, 2.24) is 0 Å². The molecule has 5 heteroatoms. The van der Waals surface area contributed by atoms with E-state index in [0.29, 0.717) is 15.7 Å². The van der Waals surface area contributed by atoms with Gasteiger partial charge in [0.2, 0.25) is 0 Å². The van der Waals surface area contributed by atoms with Crippen LogP contribution in [0.5, 0.6) is 0 Å². The van der Waals surface area contributed by atoms with Crippen molar-refractivity contribution in [3.63, 3.8) is 0 Å². The molecule has 0 bridgehead atoms. The summed E-state index contributed by atoms with van der Waals surface area (Å²) in [4.78, 5) is 0. The molecule has 2 nitrogen and oxygen atoms in total. The minimum Gasteiger partial charge on any atom is -0.397 e. The van der Waals surface area contributed by atoms with Gasteiger partial charge >= 0.3 is 0 Å². The predicted octanol–water partition coefficient (Wildman–Crippen LogP) is 5.39. The van der Waals surface area contributed by atoms with Crippen LogP contribution in [0, 0.1) is 6.92 Å². The zero-order valence-corrected chi connectivity index (χ0v) is 12.7. The molecule has 0 heterocycles. The Bertz CT molecular complexity index is 600. The van der Waals surface area contributed by atoms with Gasteiger partial charge in [0.25, 0.3) is 0 Å². The molecule has 0 unspecified atom stereocenters. The average molecular weight is 346 g/mol. The van der Waals surface area contributed by atoms with E-state index in [1.165, 1.54) is 0 Å². The maximum atomic E-state index is 5.97. The zero-order valence-electron chi connectivity index (χ0n) is 9.60. The maximum absolute atomic E-state index is 5.97. The topological polar surface area (TPSA) is 38.0 Å². The van der Waals surface area contributed by atoms with Crippen molar-refractivity contribution in [3.05, 3.63) is 50.4 Å². The minimum absolute atomic E-state index is 0.451.